The number of aromatic amines is 1. The van der Waals surface area contributed by atoms with Gasteiger partial charge in [-0.3, -0.25) is 14.5 Å². The number of rotatable bonds is 4. The minimum atomic E-state index is -0.309. The molecule has 1 aliphatic rings. The van der Waals surface area contributed by atoms with Crippen LogP contribution >= 0.6 is 0 Å². The summed E-state index contributed by atoms with van der Waals surface area (Å²) in [6.45, 7) is 7.15. The van der Waals surface area contributed by atoms with Gasteiger partial charge in [-0.15, -0.1) is 0 Å². The first-order chi connectivity index (χ1) is 9.16. The largest absolute Gasteiger partial charge is 0.364 e. The van der Waals surface area contributed by atoms with Crippen LogP contribution in [0.4, 0.5) is 0 Å². The van der Waals surface area contributed by atoms with E-state index in [1.807, 2.05) is 0 Å². The van der Waals surface area contributed by atoms with Crippen LogP contribution in [0.3, 0.4) is 0 Å². The highest BCUT2D eigenvalue weighted by atomic mass is 16.2. The Morgan fingerprint density at radius 3 is 2.84 bits per heavy atom. The second kappa shape index (κ2) is 6.49. The maximum absolute atomic E-state index is 11.9. The molecule has 0 atom stereocenters. The average molecular weight is 264 g/mol. The Morgan fingerprint density at radius 1 is 1.42 bits per heavy atom. The lowest BCUT2D eigenvalue weighted by Gasteiger charge is -2.27. The fourth-order valence-corrected chi connectivity index (χ4v) is 2.11. The molecule has 0 radical (unpaired) electrons. The van der Waals surface area contributed by atoms with Gasteiger partial charge in [0, 0.05) is 57.2 Å². The van der Waals surface area contributed by atoms with Crippen LogP contribution in [0.5, 0.6) is 0 Å². The number of aromatic nitrogens is 1. The zero-order valence-electron chi connectivity index (χ0n) is 11.2. The molecule has 1 aromatic heterocycles. The van der Waals surface area contributed by atoms with Crippen LogP contribution in [0.2, 0.25) is 0 Å². The van der Waals surface area contributed by atoms with Crippen molar-refractivity contribution in [3.8, 4) is 0 Å². The first kappa shape index (κ1) is 13.8. The van der Waals surface area contributed by atoms with Gasteiger partial charge < -0.3 is 15.6 Å². The van der Waals surface area contributed by atoms with Gasteiger partial charge in [-0.2, -0.15) is 0 Å². The Hall–Kier alpha value is -1.66. The first-order valence-electron chi connectivity index (χ1n) is 6.57. The van der Waals surface area contributed by atoms with Crippen LogP contribution in [0.1, 0.15) is 16.1 Å². The molecule has 1 fully saturated rings. The monoisotopic (exact) mass is 264 g/mol. The summed E-state index contributed by atoms with van der Waals surface area (Å²) >= 11 is 0. The molecule has 0 bridgehead atoms. The van der Waals surface area contributed by atoms with Crippen LogP contribution in [0.15, 0.2) is 17.1 Å². The molecule has 3 N–H and O–H groups in total. The quantitative estimate of drug-likeness (QED) is 0.673. The number of pyridine rings is 1. The SMILES string of the molecule is Cc1cc(=O)c(C(=O)NCCN2CCNCC2)c[nH]1. The zero-order valence-corrected chi connectivity index (χ0v) is 11.2. The summed E-state index contributed by atoms with van der Waals surface area (Å²) in [5, 5.41) is 6.06. The summed E-state index contributed by atoms with van der Waals surface area (Å²) in [5.41, 5.74) is 0.684. The molecule has 19 heavy (non-hydrogen) atoms. The van der Waals surface area contributed by atoms with E-state index in [0.29, 0.717) is 6.54 Å². The van der Waals surface area contributed by atoms with Gasteiger partial charge in [-0.05, 0) is 6.92 Å². The van der Waals surface area contributed by atoms with Crippen LogP contribution in [0, 0.1) is 6.92 Å². The van der Waals surface area contributed by atoms with E-state index >= 15 is 0 Å². The number of nitrogens with zero attached hydrogens (tertiary/aromatic N) is 1. The highest BCUT2D eigenvalue weighted by molar-refractivity contribution is 5.93. The van der Waals surface area contributed by atoms with Crippen LogP contribution < -0.4 is 16.1 Å². The van der Waals surface area contributed by atoms with Crippen molar-refractivity contribution in [3.63, 3.8) is 0 Å². The zero-order chi connectivity index (χ0) is 13.7. The molecule has 0 spiro atoms. The topological polar surface area (TPSA) is 77.2 Å². The Bertz CT molecular complexity index is 492. The van der Waals surface area contributed by atoms with Crippen LogP contribution in [0.25, 0.3) is 0 Å². The smallest absolute Gasteiger partial charge is 0.256 e. The Labute approximate surface area is 112 Å². The van der Waals surface area contributed by atoms with E-state index in [1.165, 1.54) is 12.3 Å². The number of carbonyl (C=O) groups is 1. The lowest BCUT2D eigenvalue weighted by molar-refractivity contribution is 0.0946. The minimum Gasteiger partial charge on any atom is -0.364 e. The molecule has 2 rings (SSSR count). The van der Waals surface area contributed by atoms with E-state index in [2.05, 4.69) is 20.5 Å². The van der Waals surface area contributed by atoms with Gasteiger partial charge in [0.15, 0.2) is 5.43 Å². The molecule has 6 heteroatoms. The molecular weight excluding hydrogens is 244 g/mol. The van der Waals surface area contributed by atoms with Crippen molar-refractivity contribution in [2.24, 2.45) is 0 Å². The summed E-state index contributed by atoms with van der Waals surface area (Å²) in [6.07, 6.45) is 1.47. The number of hydrogen-bond donors (Lipinski definition) is 3. The molecule has 1 amide bonds. The van der Waals surface area contributed by atoms with E-state index in [0.717, 1.165) is 38.4 Å². The van der Waals surface area contributed by atoms with E-state index < -0.39 is 0 Å². The molecule has 2 heterocycles. The fourth-order valence-electron chi connectivity index (χ4n) is 2.11. The second-order valence-corrected chi connectivity index (χ2v) is 4.74. The van der Waals surface area contributed by atoms with E-state index in [-0.39, 0.29) is 16.9 Å². The molecule has 0 saturated carbocycles. The van der Waals surface area contributed by atoms with Crippen molar-refractivity contribution < 1.29 is 4.79 Å². The predicted octanol–water partition coefficient (Wildman–Crippen LogP) is -0.682. The summed E-state index contributed by atoms with van der Waals surface area (Å²) in [6, 6.07) is 1.44. The van der Waals surface area contributed by atoms with E-state index in [4.69, 9.17) is 0 Å². The molecule has 0 unspecified atom stereocenters. The predicted molar refractivity (Wildman–Crippen MR) is 73.4 cm³/mol. The number of hydrogen-bond acceptors (Lipinski definition) is 4. The van der Waals surface area contributed by atoms with Gasteiger partial charge in [0.2, 0.25) is 0 Å². The van der Waals surface area contributed by atoms with Gasteiger partial charge in [-0.1, -0.05) is 0 Å². The molecule has 1 saturated heterocycles. The van der Waals surface area contributed by atoms with E-state index in [9.17, 15) is 9.59 Å². The van der Waals surface area contributed by atoms with Crippen LogP contribution in [-0.2, 0) is 0 Å². The average Bonchev–Trinajstić information content (AvgIpc) is 2.39. The Kier molecular flexibility index (Phi) is 4.70. The van der Waals surface area contributed by atoms with Crippen molar-refractivity contribution >= 4 is 5.91 Å². The summed E-state index contributed by atoms with van der Waals surface area (Å²) in [5.74, 6) is -0.309. The summed E-state index contributed by atoms with van der Waals surface area (Å²) in [4.78, 5) is 28.7. The van der Waals surface area contributed by atoms with Crippen molar-refractivity contribution in [2.75, 3.05) is 39.3 Å². The summed E-state index contributed by atoms with van der Waals surface area (Å²) < 4.78 is 0. The number of piperazine rings is 1. The molecule has 1 aromatic rings. The van der Waals surface area contributed by atoms with Crippen molar-refractivity contribution in [1.29, 1.82) is 0 Å². The van der Waals surface area contributed by atoms with Crippen molar-refractivity contribution in [1.82, 2.24) is 20.5 Å². The normalized spacial score (nSPS) is 16.3. The van der Waals surface area contributed by atoms with Crippen molar-refractivity contribution in [2.45, 2.75) is 6.92 Å². The highest BCUT2D eigenvalue weighted by Crippen LogP contribution is 1.93. The van der Waals surface area contributed by atoms with Gasteiger partial charge in [0.25, 0.3) is 5.91 Å². The molecule has 1 aliphatic heterocycles. The number of carbonyl (C=O) groups excluding carboxylic acids is 1. The number of aryl methyl sites for hydroxylation is 1. The Balaban J connectivity index is 1.82. The van der Waals surface area contributed by atoms with E-state index in [1.54, 1.807) is 6.92 Å². The minimum absolute atomic E-state index is 0.172. The molecule has 6 nitrogen and oxygen atoms in total. The second-order valence-electron chi connectivity index (χ2n) is 4.74. The van der Waals surface area contributed by atoms with Gasteiger partial charge in [-0.25, -0.2) is 0 Å². The standard InChI is InChI=1S/C13H20N4O2/c1-10-8-12(18)11(9-16-10)13(19)15-4-7-17-5-2-14-3-6-17/h8-9,14H,2-7H2,1H3,(H,15,19)(H,16,18). The third kappa shape index (κ3) is 3.90. The van der Waals surface area contributed by atoms with Crippen LogP contribution in [-0.4, -0.2) is 55.1 Å². The third-order valence-electron chi connectivity index (χ3n) is 3.23. The maximum atomic E-state index is 11.9. The number of H-pyrrole nitrogens is 1. The highest BCUT2D eigenvalue weighted by Gasteiger charge is 2.12. The maximum Gasteiger partial charge on any atom is 0.256 e. The third-order valence-corrected chi connectivity index (χ3v) is 3.23. The molecular formula is C13H20N4O2. The lowest BCUT2D eigenvalue weighted by Crippen LogP contribution is -2.46. The Morgan fingerprint density at radius 2 is 2.16 bits per heavy atom. The van der Waals surface area contributed by atoms with Gasteiger partial charge in [0.1, 0.15) is 5.56 Å². The fraction of sp³-hybridized carbons (Fsp3) is 0.538. The molecule has 0 aliphatic carbocycles. The molecule has 104 valence electrons. The van der Waals surface area contributed by atoms with Crippen molar-refractivity contribution in [3.05, 3.63) is 33.7 Å². The lowest BCUT2D eigenvalue weighted by atomic mass is 10.2. The molecule has 0 aromatic carbocycles. The first-order valence-corrected chi connectivity index (χ1v) is 6.57. The number of nitrogens with one attached hydrogen (secondary N) is 3. The summed E-state index contributed by atoms with van der Waals surface area (Å²) in [7, 11) is 0. The van der Waals surface area contributed by atoms with Gasteiger partial charge in [0.05, 0.1) is 0 Å². The van der Waals surface area contributed by atoms with Gasteiger partial charge >= 0.3 is 0 Å². The number of amides is 1.